The number of aromatic nitrogens is 2. The molecule has 0 fully saturated rings. The minimum Gasteiger partial charge on any atom is -0.462 e. The fraction of sp³-hybridized carbons (Fsp3) is 0.211. The number of rotatable bonds is 4. The number of hydrogen-bond donors (Lipinski definition) is 1. The van der Waals surface area contributed by atoms with Gasteiger partial charge in [-0.15, -0.1) is 0 Å². The van der Waals surface area contributed by atoms with Gasteiger partial charge >= 0.3 is 5.97 Å². The van der Waals surface area contributed by atoms with Crippen molar-refractivity contribution in [2.24, 2.45) is 0 Å². The van der Waals surface area contributed by atoms with Crippen molar-refractivity contribution in [3.05, 3.63) is 59.4 Å². The van der Waals surface area contributed by atoms with Crippen LogP contribution in [0.25, 0.3) is 11.0 Å². The molecule has 5 nitrogen and oxygen atoms in total. The fourth-order valence-electron chi connectivity index (χ4n) is 2.52. The van der Waals surface area contributed by atoms with Gasteiger partial charge in [-0.1, -0.05) is 18.2 Å². The largest absolute Gasteiger partial charge is 0.462 e. The molecule has 2 heterocycles. The van der Waals surface area contributed by atoms with Gasteiger partial charge in [-0.2, -0.15) is 0 Å². The van der Waals surface area contributed by atoms with E-state index in [1.165, 1.54) is 6.20 Å². The van der Waals surface area contributed by atoms with Gasteiger partial charge in [0.25, 0.3) is 0 Å². The number of carbonyl (C=O) groups excluding carboxylic acids is 1. The molecule has 5 heteroatoms. The molecule has 24 heavy (non-hydrogen) atoms. The summed E-state index contributed by atoms with van der Waals surface area (Å²) in [4.78, 5) is 21.1. The summed E-state index contributed by atoms with van der Waals surface area (Å²) < 4.78 is 5.17. The molecular formula is C19H19N3O2. The predicted octanol–water partition coefficient (Wildman–Crippen LogP) is 4.17. The van der Waals surface area contributed by atoms with Crippen LogP contribution in [-0.4, -0.2) is 22.5 Å². The van der Waals surface area contributed by atoms with Gasteiger partial charge in [0.1, 0.15) is 5.56 Å². The zero-order chi connectivity index (χ0) is 17.1. The average Bonchev–Trinajstić information content (AvgIpc) is 2.57. The van der Waals surface area contributed by atoms with Gasteiger partial charge in [-0.25, -0.2) is 14.8 Å². The third-order valence-corrected chi connectivity index (χ3v) is 3.77. The molecule has 0 saturated carbocycles. The highest BCUT2D eigenvalue weighted by molar-refractivity contribution is 6.05. The second kappa shape index (κ2) is 6.66. The number of ether oxygens (including phenoxy) is 1. The van der Waals surface area contributed by atoms with Crippen LogP contribution in [0.3, 0.4) is 0 Å². The lowest BCUT2D eigenvalue weighted by Crippen LogP contribution is -2.10. The Morgan fingerprint density at radius 2 is 1.96 bits per heavy atom. The Morgan fingerprint density at radius 3 is 2.71 bits per heavy atom. The van der Waals surface area contributed by atoms with Crippen LogP contribution in [0, 0.1) is 13.8 Å². The standard InChI is InChI=1S/C19H19N3O2/c1-4-24-19(23)15-11-20-18-14(10-9-13(3)21-18)17(15)22-16-8-6-5-7-12(16)2/h5-11H,4H2,1-3H3,(H,20,21,22). The van der Waals surface area contributed by atoms with Crippen LogP contribution < -0.4 is 5.32 Å². The van der Waals surface area contributed by atoms with Crippen molar-refractivity contribution in [1.82, 2.24) is 9.97 Å². The van der Waals surface area contributed by atoms with Gasteiger partial charge in [-0.05, 0) is 44.5 Å². The molecular weight excluding hydrogens is 302 g/mol. The quantitative estimate of drug-likeness (QED) is 0.731. The number of carbonyl (C=O) groups is 1. The van der Waals surface area contributed by atoms with Gasteiger partial charge in [0.05, 0.1) is 12.3 Å². The van der Waals surface area contributed by atoms with Crippen LogP contribution in [0.1, 0.15) is 28.5 Å². The fourth-order valence-corrected chi connectivity index (χ4v) is 2.52. The molecule has 1 N–H and O–H groups in total. The first-order valence-corrected chi connectivity index (χ1v) is 7.86. The lowest BCUT2D eigenvalue weighted by atomic mass is 10.1. The smallest absolute Gasteiger partial charge is 0.341 e. The van der Waals surface area contributed by atoms with Crippen LogP contribution in [0.2, 0.25) is 0 Å². The number of nitrogens with one attached hydrogen (secondary N) is 1. The van der Waals surface area contributed by atoms with Crippen molar-refractivity contribution in [2.75, 3.05) is 11.9 Å². The Morgan fingerprint density at radius 1 is 1.17 bits per heavy atom. The van der Waals surface area contributed by atoms with Crippen LogP contribution in [0.4, 0.5) is 11.4 Å². The Balaban J connectivity index is 2.18. The van der Waals surface area contributed by atoms with E-state index in [4.69, 9.17) is 4.74 Å². The van der Waals surface area contributed by atoms with Gasteiger partial charge in [-0.3, -0.25) is 0 Å². The third-order valence-electron chi connectivity index (χ3n) is 3.77. The molecule has 3 rings (SSSR count). The van der Waals surface area contributed by atoms with E-state index in [0.29, 0.717) is 23.5 Å². The van der Waals surface area contributed by atoms with E-state index in [1.807, 2.05) is 50.2 Å². The Hall–Kier alpha value is -2.95. The lowest BCUT2D eigenvalue weighted by Gasteiger charge is -2.15. The second-order valence-electron chi connectivity index (χ2n) is 5.53. The molecule has 3 aromatic rings. The Bertz CT molecular complexity index is 906. The molecule has 0 unspecified atom stereocenters. The maximum absolute atomic E-state index is 12.3. The number of anilines is 2. The molecule has 0 amide bonds. The van der Waals surface area contributed by atoms with Gasteiger partial charge in [0, 0.05) is 23.0 Å². The molecule has 0 spiro atoms. The first-order valence-electron chi connectivity index (χ1n) is 7.86. The average molecular weight is 321 g/mol. The van der Waals surface area contributed by atoms with Crippen LogP contribution >= 0.6 is 0 Å². The number of esters is 1. The zero-order valence-corrected chi connectivity index (χ0v) is 14.0. The highest BCUT2D eigenvalue weighted by Gasteiger charge is 2.18. The van der Waals surface area contributed by atoms with Crippen molar-refractivity contribution in [2.45, 2.75) is 20.8 Å². The minimum absolute atomic E-state index is 0.312. The normalized spacial score (nSPS) is 10.6. The molecule has 2 aromatic heterocycles. The van der Waals surface area contributed by atoms with Gasteiger partial charge < -0.3 is 10.1 Å². The molecule has 0 saturated heterocycles. The van der Waals surface area contributed by atoms with E-state index in [9.17, 15) is 4.79 Å². The summed E-state index contributed by atoms with van der Waals surface area (Å²) in [6.45, 7) is 6.02. The first-order chi connectivity index (χ1) is 11.6. The summed E-state index contributed by atoms with van der Waals surface area (Å²) in [5.74, 6) is -0.399. The second-order valence-corrected chi connectivity index (χ2v) is 5.53. The van der Waals surface area contributed by atoms with Crippen LogP contribution in [0.5, 0.6) is 0 Å². The van der Waals surface area contributed by atoms with E-state index in [0.717, 1.165) is 22.3 Å². The highest BCUT2D eigenvalue weighted by Crippen LogP contribution is 2.30. The van der Waals surface area contributed by atoms with Crippen molar-refractivity contribution in [1.29, 1.82) is 0 Å². The minimum atomic E-state index is -0.399. The number of benzene rings is 1. The molecule has 0 aliphatic rings. The van der Waals surface area contributed by atoms with Crippen LogP contribution in [-0.2, 0) is 4.74 Å². The van der Waals surface area contributed by atoms with Gasteiger partial charge in [0.15, 0.2) is 5.65 Å². The number of aryl methyl sites for hydroxylation is 2. The SMILES string of the molecule is CCOC(=O)c1cnc2nc(C)ccc2c1Nc1ccccc1C. The number of nitrogens with zero attached hydrogens (tertiary/aromatic N) is 2. The predicted molar refractivity (Wildman–Crippen MR) is 94.7 cm³/mol. The van der Waals surface area contributed by atoms with Crippen molar-refractivity contribution < 1.29 is 9.53 Å². The number of pyridine rings is 2. The summed E-state index contributed by atoms with van der Waals surface area (Å²) >= 11 is 0. The summed E-state index contributed by atoms with van der Waals surface area (Å²) in [6, 6.07) is 11.7. The van der Waals surface area contributed by atoms with E-state index in [1.54, 1.807) is 6.92 Å². The van der Waals surface area contributed by atoms with Crippen LogP contribution in [0.15, 0.2) is 42.6 Å². The summed E-state index contributed by atoms with van der Waals surface area (Å²) in [5.41, 5.74) is 4.55. The zero-order valence-electron chi connectivity index (χ0n) is 14.0. The Kier molecular flexibility index (Phi) is 4.42. The number of hydrogen-bond acceptors (Lipinski definition) is 5. The topological polar surface area (TPSA) is 64.1 Å². The summed E-state index contributed by atoms with van der Waals surface area (Å²) in [5, 5.41) is 4.15. The molecule has 0 aliphatic heterocycles. The molecule has 0 atom stereocenters. The Labute approximate surface area is 140 Å². The molecule has 0 aliphatic carbocycles. The maximum atomic E-state index is 12.3. The van der Waals surface area contributed by atoms with Crippen molar-refractivity contribution in [3.63, 3.8) is 0 Å². The monoisotopic (exact) mass is 321 g/mol. The van der Waals surface area contributed by atoms with E-state index in [-0.39, 0.29) is 0 Å². The molecule has 122 valence electrons. The molecule has 0 bridgehead atoms. The lowest BCUT2D eigenvalue weighted by molar-refractivity contribution is 0.0527. The van der Waals surface area contributed by atoms with Crippen molar-refractivity contribution in [3.8, 4) is 0 Å². The molecule has 0 radical (unpaired) electrons. The third kappa shape index (κ3) is 3.06. The van der Waals surface area contributed by atoms with Crippen molar-refractivity contribution >= 4 is 28.4 Å². The van der Waals surface area contributed by atoms with E-state index >= 15 is 0 Å². The van der Waals surface area contributed by atoms with Gasteiger partial charge in [0.2, 0.25) is 0 Å². The van der Waals surface area contributed by atoms with E-state index in [2.05, 4.69) is 15.3 Å². The number of fused-ring (bicyclic) bond motifs is 1. The summed E-state index contributed by atoms with van der Waals surface area (Å²) in [7, 11) is 0. The first kappa shape index (κ1) is 15.9. The summed E-state index contributed by atoms with van der Waals surface area (Å²) in [6.07, 6.45) is 1.52. The maximum Gasteiger partial charge on any atom is 0.341 e. The highest BCUT2D eigenvalue weighted by atomic mass is 16.5. The molecule has 1 aromatic carbocycles. The van der Waals surface area contributed by atoms with E-state index < -0.39 is 5.97 Å². The number of para-hydroxylation sites is 1.